The number of pyridine rings is 1. The highest BCUT2D eigenvalue weighted by molar-refractivity contribution is 5.25. The number of ether oxygens (including phenoxy) is 1. The lowest BCUT2D eigenvalue weighted by Crippen LogP contribution is -2.43. The molecule has 1 aliphatic carbocycles. The summed E-state index contributed by atoms with van der Waals surface area (Å²) in [4.78, 5) is 4.27. The summed E-state index contributed by atoms with van der Waals surface area (Å²) in [6, 6.07) is 4.67. The minimum absolute atomic E-state index is 0.372. The molecule has 1 aromatic rings. The molecule has 1 heterocycles. The van der Waals surface area contributed by atoms with Crippen molar-refractivity contribution in [3.8, 4) is 5.88 Å². The predicted molar refractivity (Wildman–Crippen MR) is 82.8 cm³/mol. The zero-order chi connectivity index (χ0) is 14.6. The SMILES string of the molecule is COc1ncccc1CNC1CCCCC1C(C)(C)C. The lowest BCUT2D eigenvalue weighted by Gasteiger charge is -2.41. The summed E-state index contributed by atoms with van der Waals surface area (Å²) < 4.78 is 5.33. The molecule has 112 valence electrons. The standard InChI is InChI=1S/C17H28N2O/c1-17(2,3)14-9-5-6-10-15(14)19-12-13-8-7-11-18-16(13)20-4/h7-8,11,14-15,19H,5-6,9-10,12H2,1-4H3. The lowest BCUT2D eigenvalue weighted by atomic mass is 9.69. The monoisotopic (exact) mass is 276 g/mol. The van der Waals surface area contributed by atoms with Crippen LogP contribution in [0.25, 0.3) is 0 Å². The molecule has 0 bridgehead atoms. The largest absolute Gasteiger partial charge is 0.481 e. The third-order valence-electron chi connectivity index (χ3n) is 4.48. The van der Waals surface area contributed by atoms with Crippen molar-refractivity contribution in [2.24, 2.45) is 11.3 Å². The number of methoxy groups -OCH3 is 1. The van der Waals surface area contributed by atoms with E-state index >= 15 is 0 Å². The molecule has 3 nitrogen and oxygen atoms in total. The summed E-state index contributed by atoms with van der Waals surface area (Å²) in [5.41, 5.74) is 1.52. The van der Waals surface area contributed by atoms with Crippen LogP contribution in [0.5, 0.6) is 5.88 Å². The fourth-order valence-corrected chi connectivity index (χ4v) is 3.40. The molecule has 1 aromatic heterocycles. The van der Waals surface area contributed by atoms with Gasteiger partial charge in [0.1, 0.15) is 0 Å². The number of nitrogens with one attached hydrogen (secondary N) is 1. The van der Waals surface area contributed by atoms with E-state index in [1.807, 2.05) is 6.07 Å². The van der Waals surface area contributed by atoms with Crippen LogP contribution in [-0.4, -0.2) is 18.1 Å². The van der Waals surface area contributed by atoms with Crippen molar-refractivity contribution in [1.82, 2.24) is 10.3 Å². The summed E-state index contributed by atoms with van der Waals surface area (Å²) in [7, 11) is 1.68. The Labute approximate surface area is 123 Å². The lowest BCUT2D eigenvalue weighted by molar-refractivity contribution is 0.130. The van der Waals surface area contributed by atoms with Crippen molar-refractivity contribution in [1.29, 1.82) is 0 Å². The molecule has 0 amide bonds. The Hall–Kier alpha value is -1.09. The van der Waals surface area contributed by atoms with E-state index in [-0.39, 0.29) is 0 Å². The Morgan fingerprint density at radius 2 is 2.05 bits per heavy atom. The minimum Gasteiger partial charge on any atom is -0.481 e. The van der Waals surface area contributed by atoms with Gasteiger partial charge in [-0.3, -0.25) is 0 Å². The fourth-order valence-electron chi connectivity index (χ4n) is 3.40. The van der Waals surface area contributed by atoms with E-state index in [4.69, 9.17) is 4.74 Å². The first-order chi connectivity index (χ1) is 9.52. The van der Waals surface area contributed by atoms with Crippen LogP contribution in [-0.2, 0) is 6.54 Å². The maximum absolute atomic E-state index is 5.33. The van der Waals surface area contributed by atoms with E-state index in [1.54, 1.807) is 13.3 Å². The maximum atomic E-state index is 5.33. The molecule has 20 heavy (non-hydrogen) atoms. The van der Waals surface area contributed by atoms with Crippen LogP contribution in [0.3, 0.4) is 0 Å². The van der Waals surface area contributed by atoms with Gasteiger partial charge < -0.3 is 10.1 Å². The second-order valence-electron chi connectivity index (χ2n) is 6.92. The smallest absolute Gasteiger partial charge is 0.217 e. The third kappa shape index (κ3) is 3.72. The van der Waals surface area contributed by atoms with E-state index in [0.29, 0.717) is 11.5 Å². The van der Waals surface area contributed by atoms with Gasteiger partial charge in [0, 0.05) is 24.3 Å². The minimum atomic E-state index is 0.372. The Kier molecular flexibility index (Phi) is 5.03. The average Bonchev–Trinajstić information content (AvgIpc) is 2.44. The van der Waals surface area contributed by atoms with Crippen LogP contribution in [0.1, 0.15) is 52.0 Å². The molecule has 2 rings (SSSR count). The molecule has 2 atom stereocenters. The normalized spacial score (nSPS) is 23.6. The van der Waals surface area contributed by atoms with Crippen LogP contribution in [0, 0.1) is 11.3 Å². The van der Waals surface area contributed by atoms with Crippen molar-refractivity contribution < 1.29 is 4.74 Å². The van der Waals surface area contributed by atoms with Gasteiger partial charge in [0.15, 0.2) is 0 Å². The van der Waals surface area contributed by atoms with Crippen molar-refractivity contribution in [3.05, 3.63) is 23.9 Å². The van der Waals surface area contributed by atoms with Gasteiger partial charge in [-0.25, -0.2) is 4.98 Å². The molecule has 1 saturated carbocycles. The first kappa shape index (κ1) is 15.3. The van der Waals surface area contributed by atoms with Gasteiger partial charge in [-0.2, -0.15) is 0 Å². The second-order valence-corrected chi connectivity index (χ2v) is 6.92. The molecule has 0 radical (unpaired) electrons. The molecular weight excluding hydrogens is 248 g/mol. The quantitative estimate of drug-likeness (QED) is 0.908. The topological polar surface area (TPSA) is 34.1 Å². The molecule has 1 fully saturated rings. The van der Waals surface area contributed by atoms with E-state index in [1.165, 1.54) is 25.7 Å². The highest BCUT2D eigenvalue weighted by atomic mass is 16.5. The van der Waals surface area contributed by atoms with E-state index in [9.17, 15) is 0 Å². The molecule has 0 aliphatic heterocycles. The summed E-state index contributed by atoms with van der Waals surface area (Å²) >= 11 is 0. The van der Waals surface area contributed by atoms with Crippen LogP contribution >= 0.6 is 0 Å². The zero-order valence-corrected chi connectivity index (χ0v) is 13.3. The van der Waals surface area contributed by atoms with Gasteiger partial charge in [-0.15, -0.1) is 0 Å². The van der Waals surface area contributed by atoms with Gasteiger partial charge in [0.25, 0.3) is 0 Å². The van der Waals surface area contributed by atoms with Crippen molar-refractivity contribution >= 4 is 0 Å². The first-order valence-electron chi connectivity index (χ1n) is 7.73. The number of hydrogen-bond donors (Lipinski definition) is 1. The fraction of sp³-hybridized carbons (Fsp3) is 0.706. The van der Waals surface area contributed by atoms with Gasteiger partial charge >= 0.3 is 0 Å². The summed E-state index contributed by atoms with van der Waals surface area (Å²) in [6.45, 7) is 7.93. The second kappa shape index (κ2) is 6.57. The van der Waals surface area contributed by atoms with Crippen LogP contribution in [0.2, 0.25) is 0 Å². The van der Waals surface area contributed by atoms with Crippen molar-refractivity contribution in [2.75, 3.05) is 7.11 Å². The molecule has 0 aromatic carbocycles. The van der Waals surface area contributed by atoms with E-state index < -0.39 is 0 Å². The molecule has 0 saturated heterocycles. The van der Waals surface area contributed by atoms with Crippen molar-refractivity contribution in [3.63, 3.8) is 0 Å². The number of hydrogen-bond acceptors (Lipinski definition) is 3. The molecular formula is C17H28N2O. The van der Waals surface area contributed by atoms with Gasteiger partial charge in [-0.05, 0) is 30.2 Å². The number of aromatic nitrogens is 1. The van der Waals surface area contributed by atoms with Crippen LogP contribution in [0.4, 0.5) is 0 Å². The van der Waals surface area contributed by atoms with Crippen LogP contribution in [0.15, 0.2) is 18.3 Å². The molecule has 0 spiro atoms. The highest BCUT2D eigenvalue weighted by Crippen LogP contribution is 2.38. The number of nitrogens with zero attached hydrogens (tertiary/aromatic N) is 1. The molecule has 1 aliphatic rings. The molecule has 2 unspecified atom stereocenters. The van der Waals surface area contributed by atoms with Gasteiger partial charge in [-0.1, -0.05) is 39.7 Å². The summed E-state index contributed by atoms with van der Waals surface area (Å²) in [5, 5.41) is 3.75. The van der Waals surface area contributed by atoms with Crippen molar-refractivity contribution in [2.45, 2.75) is 59.0 Å². The molecule has 3 heteroatoms. The average molecular weight is 276 g/mol. The zero-order valence-electron chi connectivity index (χ0n) is 13.3. The Balaban J connectivity index is 2.01. The van der Waals surface area contributed by atoms with Gasteiger partial charge in [0.2, 0.25) is 5.88 Å². The van der Waals surface area contributed by atoms with Crippen LogP contribution < -0.4 is 10.1 Å². The van der Waals surface area contributed by atoms with Gasteiger partial charge in [0.05, 0.1) is 7.11 Å². The number of rotatable bonds is 4. The van der Waals surface area contributed by atoms with E-state index in [0.717, 1.165) is 23.9 Å². The Morgan fingerprint density at radius 3 is 2.75 bits per heavy atom. The first-order valence-corrected chi connectivity index (χ1v) is 7.73. The Morgan fingerprint density at radius 1 is 1.30 bits per heavy atom. The van der Waals surface area contributed by atoms with E-state index in [2.05, 4.69) is 37.1 Å². The third-order valence-corrected chi connectivity index (χ3v) is 4.48. The summed E-state index contributed by atoms with van der Waals surface area (Å²) in [6.07, 6.45) is 7.11. The Bertz CT molecular complexity index is 425. The summed E-state index contributed by atoms with van der Waals surface area (Å²) in [5.74, 6) is 1.49. The predicted octanol–water partition coefficient (Wildman–Crippen LogP) is 3.78. The molecule has 1 N–H and O–H groups in total. The highest BCUT2D eigenvalue weighted by Gasteiger charge is 2.33. The maximum Gasteiger partial charge on any atom is 0.217 e.